The fourth-order valence-electron chi connectivity index (χ4n) is 6.08. The van der Waals surface area contributed by atoms with E-state index in [0.717, 1.165) is 64.1 Å². The van der Waals surface area contributed by atoms with Crippen molar-refractivity contribution < 1.29 is 9.59 Å². The fraction of sp³-hybridized carbons (Fsp3) is 0.480. The molecule has 2 aromatic rings. The van der Waals surface area contributed by atoms with E-state index < -0.39 is 0 Å². The molecule has 5 rings (SSSR count). The highest BCUT2D eigenvalue weighted by Crippen LogP contribution is 2.56. The lowest BCUT2D eigenvalue weighted by atomic mass is 9.60. The zero-order valence-electron chi connectivity index (χ0n) is 17.9. The first-order valence-corrected chi connectivity index (χ1v) is 11.3. The minimum absolute atomic E-state index is 0.0562. The minimum Gasteiger partial charge on any atom is -0.356 e. The maximum atomic E-state index is 13.1. The number of nitrogens with zero attached hydrogens (tertiary/aromatic N) is 3. The molecule has 0 aliphatic carbocycles. The average Bonchev–Trinajstić information content (AvgIpc) is 3.30. The number of rotatable bonds is 4. The number of carbonyl (C=O) groups is 2. The molecular formula is C25H30N4O2. The third-order valence-corrected chi connectivity index (χ3v) is 7.71. The lowest BCUT2D eigenvalue weighted by Gasteiger charge is -2.46. The van der Waals surface area contributed by atoms with E-state index in [2.05, 4.69) is 21.3 Å². The zero-order valence-corrected chi connectivity index (χ0v) is 17.9. The number of carbonyl (C=O) groups excluding carboxylic acids is 2. The van der Waals surface area contributed by atoms with Crippen molar-refractivity contribution in [3.05, 3.63) is 66.0 Å². The van der Waals surface area contributed by atoms with Crippen LogP contribution in [0.15, 0.2) is 54.9 Å². The summed E-state index contributed by atoms with van der Waals surface area (Å²) in [7, 11) is 0. The summed E-state index contributed by atoms with van der Waals surface area (Å²) in [5.41, 5.74) is 1.86. The minimum atomic E-state index is -0.330. The molecule has 1 unspecified atom stereocenters. The van der Waals surface area contributed by atoms with E-state index in [9.17, 15) is 9.59 Å². The number of amides is 2. The summed E-state index contributed by atoms with van der Waals surface area (Å²) < 4.78 is 0. The highest BCUT2D eigenvalue weighted by molar-refractivity contribution is 5.86. The van der Waals surface area contributed by atoms with Gasteiger partial charge in [-0.25, -0.2) is 0 Å². The Morgan fingerprint density at radius 3 is 2.45 bits per heavy atom. The van der Waals surface area contributed by atoms with Crippen molar-refractivity contribution in [3.63, 3.8) is 0 Å². The molecular weight excluding hydrogens is 388 g/mol. The normalized spacial score (nSPS) is 25.3. The van der Waals surface area contributed by atoms with Gasteiger partial charge in [-0.3, -0.25) is 19.5 Å². The zero-order chi connectivity index (χ0) is 21.3. The Morgan fingerprint density at radius 2 is 1.77 bits per heavy atom. The molecule has 31 heavy (non-hydrogen) atoms. The van der Waals surface area contributed by atoms with Crippen LogP contribution in [0.1, 0.15) is 30.4 Å². The maximum absolute atomic E-state index is 13.1. The first kappa shape index (κ1) is 20.2. The van der Waals surface area contributed by atoms with E-state index in [0.29, 0.717) is 6.42 Å². The fourth-order valence-corrected chi connectivity index (χ4v) is 6.08. The molecule has 6 nitrogen and oxygen atoms in total. The van der Waals surface area contributed by atoms with E-state index >= 15 is 0 Å². The van der Waals surface area contributed by atoms with Crippen molar-refractivity contribution in [1.82, 2.24) is 20.1 Å². The summed E-state index contributed by atoms with van der Waals surface area (Å²) in [6.07, 6.45) is 6.84. The van der Waals surface area contributed by atoms with Gasteiger partial charge in [-0.05, 0) is 36.5 Å². The van der Waals surface area contributed by atoms with Crippen LogP contribution in [0.2, 0.25) is 0 Å². The van der Waals surface area contributed by atoms with Crippen LogP contribution < -0.4 is 5.32 Å². The van der Waals surface area contributed by atoms with E-state index in [4.69, 9.17) is 0 Å². The van der Waals surface area contributed by atoms with Crippen molar-refractivity contribution in [2.24, 2.45) is 10.8 Å². The summed E-state index contributed by atoms with van der Waals surface area (Å²) in [6, 6.07) is 14.0. The first-order chi connectivity index (χ1) is 15.1. The number of benzene rings is 1. The number of piperidine rings is 1. The molecule has 2 amide bonds. The van der Waals surface area contributed by atoms with Crippen LogP contribution in [0.25, 0.3) is 0 Å². The number of likely N-dealkylation sites (tertiary alicyclic amines) is 2. The quantitative estimate of drug-likeness (QED) is 0.827. The third kappa shape index (κ3) is 3.63. The lowest BCUT2D eigenvalue weighted by Crippen LogP contribution is -2.53. The van der Waals surface area contributed by atoms with Gasteiger partial charge >= 0.3 is 0 Å². The van der Waals surface area contributed by atoms with Crippen molar-refractivity contribution in [1.29, 1.82) is 0 Å². The molecule has 0 bridgehead atoms. The Morgan fingerprint density at radius 1 is 1.00 bits per heavy atom. The number of pyridine rings is 1. The second-order valence-electron chi connectivity index (χ2n) is 9.42. The van der Waals surface area contributed by atoms with E-state index in [1.807, 2.05) is 47.5 Å². The summed E-state index contributed by atoms with van der Waals surface area (Å²) in [5.74, 6) is 0.404. The molecule has 6 heteroatoms. The summed E-state index contributed by atoms with van der Waals surface area (Å²) in [5, 5.41) is 3.12. The van der Waals surface area contributed by atoms with Gasteiger partial charge in [0.15, 0.2) is 0 Å². The molecule has 1 atom stereocenters. The van der Waals surface area contributed by atoms with Crippen molar-refractivity contribution in [3.8, 4) is 0 Å². The number of nitrogens with one attached hydrogen (secondary N) is 1. The van der Waals surface area contributed by atoms with Crippen molar-refractivity contribution in [2.45, 2.75) is 32.2 Å². The average molecular weight is 419 g/mol. The topological polar surface area (TPSA) is 65.5 Å². The van der Waals surface area contributed by atoms with E-state index in [1.54, 1.807) is 6.20 Å². The van der Waals surface area contributed by atoms with Gasteiger partial charge in [-0.1, -0.05) is 36.4 Å². The lowest BCUT2D eigenvalue weighted by molar-refractivity contribution is -0.138. The molecule has 0 radical (unpaired) electrons. The molecule has 2 spiro atoms. The Labute approximate surface area is 183 Å². The Hall–Kier alpha value is -2.73. The number of hydrogen-bond acceptors (Lipinski definition) is 4. The number of fused-ring (bicyclic) bond motifs is 1. The molecule has 3 aliphatic heterocycles. The molecule has 162 valence electrons. The standard InChI is InChI=1S/C25H30N4O2/c30-22(15-20-5-2-1-3-6-20)29-13-9-24(10-14-29)18-28(17-21-7-4-11-26-16-21)19-25(24)8-12-27-23(25)31/h1-7,11,16H,8-10,12-15,17-19H2,(H,27,31). The Balaban J connectivity index is 1.30. The van der Waals surface area contributed by atoms with Crippen LogP contribution in [0.5, 0.6) is 0 Å². The van der Waals surface area contributed by atoms with E-state index in [-0.39, 0.29) is 22.6 Å². The summed E-state index contributed by atoms with van der Waals surface area (Å²) in [4.78, 5) is 34.7. The van der Waals surface area contributed by atoms with Gasteiger partial charge in [0.1, 0.15) is 0 Å². The smallest absolute Gasteiger partial charge is 0.228 e. The van der Waals surface area contributed by atoms with Crippen LogP contribution in [0.4, 0.5) is 0 Å². The van der Waals surface area contributed by atoms with Crippen molar-refractivity contribution in [2.75, 3.05) is 32.7 Å². The predicted octanol–water partition coefficient (Wildman–Crippen LogP) is 2.25. The van der Waals surface area contributed by atoms with Gasteiger partial charge in [0.2, 0.25) is 11.8 Å². The highest BCUT2D eigenvalue weighted by atomic mass is 16.2. The predicted molar refractivity (Wildman–Crippen MR) is 118 cm³/mol. The van der Waals surface area contributed by atoms with Crippen LogP contribution in [-0.4, -0.2) is 59.3 Å². The molecule has 1 aromatic heterocycles. The summed E-state index contributed by atoms with van der Waals surface area (Å²) >= 11 is 0. The molecule has 1 N–H and O–H groups in total. The second kappa shape index (κ2) is 8.08. The van der Waals surface area contributed by atoms with E-state index in [1.165, 1.54) is 5.56 Å². The molecule has 3 fully saturated rings. The molecule has 3 aliphatic rings. The Bertz CT molecular complexity index is 941. The van der Waals surface area contributed by atoms with Crippen LogP contribution in [-0.2, 0) is 22.6 Å². The highest BCUT2D eigenvalue weighted by Gasteiger charge is 2.63. The van der Waals surface area contributed by atoms with Crippen LogP contribution >= 0.6 is 0 Å². The Kier molecular flexibility index (Phi) is 5.26. The number of hydrogen-bond donors (Lipinski definition) is 1. The van der Waals surface area contributed by atoms with Gasteiger partial charge in [0.25, 0.3) is 0 Å². The van der Waals surface area contributed by atoms with Gasteiger partial charge in [-0.15, -0.1) is 0 Å². The largest absolute Gasteiger partial charge is 0.356 e. The molecule has 0 saturated carbocycles. The van der Waals surface area contributed by atoms with Crippen LogP contribution in [0.3, 0.4) is 0 Å². The van der Waals surface area contributed by atoms with Gasteiger partial charge in [0.05, 0.1) is 11.8 Å². The summed E-state index contributed by atoms with van der Waals surface area (Å²) in [6.45, 7) is 4.77. The monoisotopic (exact) mass is 418 g/mol. The van der Waals surface area contributed by atoms with Gasteiger partial charge in [-0.2, -0.15) is 0 Å². The van der Waals surface area contributed by atoms with Crippen LogP contribution in [0, 0.1) is 10.8 Å². The molecule has 3 saturated heterocycles. The van der Waals surface area contributed by atoms with Gasteiger partial charge < -0.3 is 10.2 Å². The van der Waals surface area contributed by atoms with Crippen molar-refractivity contribution >= 4 is 11.8 Å². The SMILES string of the molecule is O=C(Cc1ccccc1)N1CCC2(CC1)CN(Cc1cccnc1)CC21CCNC1=O. The molecule has 1 aromatic carbocycles. The first-order valence-electron chi connectivity index (χ1n) is 11.3. The number of aromatic nitrogens is 1. The second-order valence-corrected chi connectivity index (χ2v) is 9.42. The van der Waals surface area contributed by atoms with Gasteiger partial charge in [0, 0.05) is 57.1 Å². The molecule has 4 heterocycles. The maximum Gasteiger partial charge on any atom is 0.228 e. The third-order valence-electron chi connectivity index (χ3n) is 7.71.